The van der Waals surface area contributed by atoms with Crippen molar-refractivity contribution >= 4 is 28.5 Å². The molecule has 28 heavy (non-hydrogen) atoms. The monoisotopic (exact) mass is 376 g/mol. The van der Waals surface area contributed by atoms with Gasteiger partial charge in [-0.3, -0.25) is 9.59 Å². The second kappa shape index (κ2) is 7.32. The zero-order valence-electron chi connectivity index (χ0n) is 14.7. The van der Waals surface area contributed by atoms with Gasteiger partial charge in [0.1, 0.15) is 23.6 Å². The van der Waals surface area contributed by atoms with Crippen LogP contribution in [0.3, 0.4) is 0 Å². The summed E-state index contributed by atoms with van der Waals surface area (Å²) in [5, 5.41) is 3.15. The van der Waals surface area contributed by atoms with Crippen LogP contribution in [-0.2, 0) is 6.61 Å². The van der Waals surface area contributed by atoms with Crippen LogP contribution in [-0.4, -0.2) is 11.8 Å². The molecule has 0 aliphatic rings. The third-order valence-electron chi connectivity index (χ3n) is 4.12. The summed E-state index contributed by atoms with van der Waals surface area (Å²) in [7, 11) is 0. The molecule has 0 fully saturated rings. The maximum Gasteiger partial charge on any atom is 0.291 e. The van der Waals surface area contributed by atoms with E-state index in [1.165, 1.54) is 12.3 Å². The van der Waals surface area contributed by atoms with Crippen LogP contribution >= 0.6 is 0 Å². The van der Waals surface area contributed by atoms with Gasteiger partial charge in [0.05, 0.1) is 6.26 Å². The number of anilines is 1. The quantitative estimate of drug-likeness (QED) is 0.530. The van der Waals surface area contributed by atoms with Crippen molar-refractivity contribution in [1.82, 2.24) is 0 Å². The molecule has 2 aromatic heterocycles. The molecule has 0 aliphatic carbocycles. The molecule has 0 radical (unpaired) electrons. The van der Waals surface area contributed by atoms with Crippen molar-refractivity contribution in [3.8, 4) is 5.75 Å². The van der Waals surface area contributed by atoms with Crippen molar-refractivity contribution in [1.29, 1.82) is 0 Å². The number of hydrogen-bond acceptors (Lipinski definition) is 5. The lowest BCUT2D eigenvalue weighted by atomic mass is 10.2. The van der Waals surface area contributed by atoms with Gasteiger partial charge in [0.2, 0.25) is 5.76 Å². The van der Waals surface area contributed by atoms with Crippen molar-refractivity contribution in [3.05, 3.63) is 84.0 Å². The Labute approximate surface area is 159 Å². The fraction of sp³-hybridized carbons (Fsp3) is 0.0476. The van der Waals surface area contributed by atoms with Gasteiger partial charge < -0.3 is 24.6 Å². The van der Waals surface area contributed by atoms with Crippen LogP contribution in [0.15, 0.2) is 75.8 Å². The summed E-state index contributed by atoms with van der Waals surface area (Å²) in [6.07, 6.45) is 1.38. The Kier molecular flexibility index (Phi) is 4.55. The minimum absolute atomic E-state index is 0.104. The van der Waals surface area contributed by atoms with Crippen molar-refractivity contribution < 1.29 is 23.2 Å². The molecule has 0 atom stereocenters. The molecular weight excluding hydrogens is 360 g/mol. The molecule has 0 spiro atoms. The SMILES string of the molecule is NC(=O)c1oc2cc(OCc3ccccc3)ccc2c1NC(=O)c1ccco1. The molecule has 0 saturated carbocycles. The van der Waals surface area contributed by atoms with E-state index in [0.29, 0.717) is 23.3 Å². The first-order valence-electron chi connectivity index (χ1n) is 8.50. The Bertz CT molecular complexity index is 1130. The lowest BCUT2D eigenvalue weighted by Crippen LogP contribution is -2.16. The molecule has 3 N–H and O–H groups in total. The number of ether oxygens (including phenoxy) is 1. The topological polar surface area (TPSA) is 108 Å². The number of fused-ring (bicyclic) bond motifs is 1. The molecule has 7 heteroatoms. The van der Waals surface area contributed by atoms with Crippen LogP contribution in [0, 0.1) is 0 Å². The van der Waals surface area contributed by atoms with Crippen molar-refractivity contribution in [2.75, 3.05) is 5.32 Å². The fourth-order valence-corrected chi connectivity index (χ4v) is 2.79. The first-order chi connectivity index (χ1) is 13.6. The second-order valence-corrected chi connectivity index (χ2v) is 6.03. The summed E-state index contributed by atoms with van der Waals surface area (Å²) < 4.78 is 16.4. The second-order valence-electron chi connectivity index (χ2n) is 6.03. The first kappa shape index (κ1) is 17.4. The lowest BCUT2D eigenvalue weighted by molar-refractivity contribution is 0.0977. The molecule has 0 saturated heterocycles. The number of amides is 2. The van der Waals surface area contributed by atoms with Crippen molar-refractivity contribution in [3.63, 3.8) is 0 Å². The zero-order valence-corrected chi connectivity index (χ0v) is 14.7. The highest BCUT2D eigenvalue weighted by atomic mass is 16.5. The predicted molar refractivity (Wildman–Crippen MR) is 102 cm³/mol. The lowest BCUT2D eigenvalue weighted by Gasteiger charge is -2.06. The Morgan fingerprint density at radius 2 is 1.86 bits per heavy atom. The summed E-state index contributed by atoms with van der Waals surface area (Å²) in [6.45, 7) is 0.387. The van der Waals surface area contributed by atoms with E-state index in [4.69, 9.17) is 19.3 Å². The molecule has 0 aliphatic heterocycles. The van der Waals surface area contributed by atoms with E-state index in [9.17, 15) is 9.59 Å². The summed E-state index contributed by atoms with van der Waals surface area (Å²) in [6, 6.07) is 17.9. The van der Waals surface area contributed by atoms with Gasteiger partial charge in [-0.1, -0.05) is 30.3 Å². The van der Waals surface area contributed by atoms with Gasteiger partial charge in [-0.05, 0) is 29.8 Å². The van der Waals surface area contributed by atoms with E-state index in [0.717, 1.165) is 5.56 Å². The Hall–Kier alpha value is -4.00. The van der Waals surface area contributed by atoms with Gasteiger partial charge in [-0.2, -0.15) is 0 Å². The largest absolute Gasteiger partial charge is 0.489 e. The minimum atomic E-state index is -0.794. The summed E-state index contributed by atoms with van der Waals surface area (Å²) in [5.74, 6) is -0.787. The van der Waals surface area contributed by atoms with E-state index in [2.05, 4.69) is 5.32 Å². The summed E-state index contributed by atoms with van der Waals surface area (Å²) >= 11 is 0. The average molecular weight is 376 g/mol. The van der Waals surface area contributed by atoms with Crippen LogP contribution in [0.4, 0.5) is 5.69 Å². The van der Waals surface area contributed by atoms with Gasteiger partial charge in [-0.25, -0.2) is 0 Å². The molecule has 0 unspecified atom stereocenters. The normalized spacial score (nSPS) is 10.7. The van der Waals surface area contributed by atoms with Gasteiger partial charge in [-0.15, -0.1) is 0 Å². The van der Waals surface area contributed by atoms with E-state index in [1.807, 2.05) is 30.3 Å². The van der Waals surface area contributed by atoms with Crippen LogP contribution in [0.1, 0.15) is 26.7 Å². The molecule has 0 bridgehead atoms. The molecule has 140 valence electrons. The Balaban J connectivity index is 1.63. The van der Waals surface area contributed by atoms with Gasteiger partial charge in [0, 0.05) is 11.5 Å². The molecule has 2 aromatic carbocycles. The van der Waals surface area contributed by atoms with Crippen LogP contribution < -0.4 is 15.8 Å². The van der Waals surface area contributed by atoms with Crippen molar-refractivity contribution in [2.24, 2.45) is 5.73 Å². The first-order valence-corrected chi connectivity index (χ1v) is 8.50. The third kappa shape index (κ3) is 3.45. The van der Waals surface area contributed by atoms with Gasteiger partial charge in [0.25, 0.3) is 11.8 Å². The molecule has 4 aromatic rings. The highest BCUT2D eigenvalue weighted by Gasteiger charge is 2.22. The molecular formula is C21H16N2O5. The average Bonchev–Trinajstić information content (AvgIpc) is 3.35. The van der Waals surface area contributed by atoms with Crippen molar-refractivity contribution in [2.45, 2.75) is 6.61 Å². The third-order valence-corrected chi connectivity index (χ3v) is 4.12. The van der Waals surface area contributed by atoms with Gasteiger partial charge >= 0.3 is 0 Å². The highest BCUT2D eigenvalue weighted by Crippen LogP contribution is 2.33. The fourth-order valence-electron chi connectivity index (χ4n) is 2.79. The predicted octanol–water partition coefficient (Wildman–Crippen LogP) is 3.96. The maximum atomic E-state index is 12.3. The number of primary amides is 1. The Morgan fingerprint density at radius 3 is 2.57 bits per heavy atom. The summed E-state index contributed by atoms with van der Waals surface area (Å²) in [4.78, 5) is 24.1. The standard InChI is InChI=1S/C21H16N2O5/c22-20(24)19-18(23-21(25)16-7-4-10-26-16)15-9-8-14(11-17(15)28-19)27-12-13-5-2-1-3-6-13/h1-11H,12H2,(H2,22,24)(H,23,25). The van der Waals surface area contributed by atoms with E-state index >= 15 is 0 Å². The zero-order chi connectivity index (χ0) is 19.5. The summed E-state index contributed by atoms with van der Waals surface area (Å²) in [5.41, 5.74) is 6.99. The number of hydrogen-bond donors (Lipinski definition) is 2. The van der Waals surface area contributed by atoms with E-state index in [-0.39, 0.29) is 17.2 Å². The highest BCUT2D eigenvalue weighted by molar-refractivity contribution is 6.13. The number of carbonyl (C=O) groups is 2. The van der Waals surface area contributed by atoms with Crippen LogP contribution in [0.25, 0.3) is 11.0 Å². The number of furan rings is 2. The maximum absolute atomic E-state index is 12.3. The Morgan fingerprint density at radius 1 is 1.04 bits per heavy atom. The molecule has 2 heterocycles. The molecule has 4 rings (SSSR count). The van der Waals surface area contributed by atoms with Crippen LogP contribution in [0.2, 0.25) is 0 Å². The smallest absolute Gasteiger partial charge is 0.291 e. The van der Waals surface area contributed by atoms with Gasteiger partial charge in [0.15, 0.2) is 5.76 Å². The molecule has 7 nitrogen and oxygen atoms in total. The van der Waals surface area contributed by atoms with Crippen LogP contribution in [0.5, 0.6) is 5.75 Å². The van der Waals surface area contributed by atoms with E-state index in [1.54, 1.807) is 24.3 Å². The number of rotatable bonds is 6. The molecule has 2 amide bonds. The number of nitrogens with two attached hydrogens (primary N) is 1. The number of benzene rings is 2. The number of nitrogens with one attached hydrogen (secondary N) is 1. The number of carbonyl (C=O) groups excluding carboxylic acids is 2. The van der Waals surface area contributed by atoms with E-state index < -0.39 is 11.8 Å². The minimum Gasteiger partial charge on any atom is -0.489 e.